The molecule has 7 heteroatoms. The molecule has 5 rings (SSSR count). The Kier molecular flexibility index (Phi) is 6.79. The van der Waals surface area contributed by atoms with E-state index in [9.17, 15) is 14.4 Å². The van der Waals surface area contributed by atoms with Crippen molar-refractivity contribution in [2.24, 2.45) is 0 Å². The van der Waals surface area contributed by atoms with Gasteiger partial charge in [-0.3, -0.25) is 14.5 Å². The molecule has 1 heterocycles. The summed E-state index contributed by atoms with van der Waals surface area (Å²) in [6.45, 7) is 2.13. The first-order valence-corrected chi connectivity index (χ1v) is 12.4. The van der Waals surface area contributed by atoms with Crippen molar-refractivity contribution >= 4 is 45.7 Å². The van der Waals surface area contributed by atoms with Crippen molar-refractivity contribution in [2.75, 3.05) is 7.11 Å². The first-order valence-electron chi connectivity index (χ1n) is 11.6. The molecule has 2 amide bonds. The lowest BCUT2D eigenvalue weighted by atomic mass is 10.0. The summed E-state index contributed by atoms with van der Waals surface area (Å²) < 4.78 is 10.9. The van der Waals surface area contributed by atoms with Crippen LogP contribution < -0.4 is 9.47 Å². The zero-order chi connectivity index (χ0) is 25.9. The van der Waals surface area contributed by atoms with Crippen LogP contribution in [0.25, 0.3) is 16.8 Å². The van der Waals surface area contributed by atoms with Gasteiger partial charge in [0.05, 0.1) is 24.1 Å². The van der Waals surface area contributed by atoms with Gasteiger partial charge in [-0.25, -0.2) is 4.79 Å². The molecule has 0 atom stereocenters. The van der Waals surface area contributed by atoms with Gasteiger partial charge in [0.2, 0.25) is 0 Å². The van der Waals surface area contributed by atoms with E-state index < -0.39 is 5.97 Å². The van der Waals surface area contributed by atoms with Crippen molar-refractivity contribution in [3.8, 4) is 11.5 Å². The first-order chi connectivity index (χ1) is 17.9. The molecule has 1 fully saturated rings. The molecule has 0 aromatic heterocycles. The van der Waals surface area contributed by atoms with E-state index in [0.717, 1.165) is 33.7 Å². The van der Waals surface area contributed by atoms with Crippen LogP contribution in [0.2, 0.25) is 0 Å². The number of imide groups is 1. The van der Waals surface area contributed by atoms with E-state index in [2.05, 4.69) is 0 Å². The Labute approximate surface area is 218 Å². The number of rotatable bonds is 6. The minimum absolute atomic E-state index is 0.195. The van der Waals surface area contributed by atoms with Crippen LogP contribution in [0.4, 0.5) is 4.79 Å². The molecule has 184 valence electrons. The molecule has 0 unspecified atom stereocenters. The van der Waals surface area contributed by atoms with Gasteiger partial charge in [-0.1, -0.05) is 66.2 Å². The van der Waals surface area contributed by atoms with Gasteiger partial charge in [0.15, 0.2) is 11.5 Å². The van der Waals surface area contributed by atoms with Crippen LogP contribution in [0, 0.1) is 6.92 Å². The molecule has 0 bridgehead atoms. The Morgan fingerprint density at radius 2 is 1.68 bits per heavy atom. The van der Waals surface area contributed by atoms with Gasteiger partial charge >= 0.3 is 5.97 Å². The predicted molar refractivity (Wildman–Crippen MR) is 145 cm³/mol. The van der Waals surface area contributed by atoms with Crippen LogP contribution in [0.1, 0.15) is 27.0 Å². The highest BCUT2D eigenvalue weighted by molar-refractivity contribution is 8.18. The fraction of sp³-hybridized carbons (Fsp3) is 0.100. The second kappa shape index (κ2) is 10.3. The minimum Gasteiger partial charge on any atom is -0.493 e. The van der Waals surface area contributed by atoms with Crippen molar-refractivity contribution in [2.45, 2.75) is 13.5 Å². The highest BCUT2D eigenvalue weighted by Crippen LogP contribution is 2.36. The van der Waals surface area contributed by atoms with E-state index in [4.69, 9.17) is 9.47 Å². The van der Waals surface area contributed by atoms with Crippen molar-refractivity contribution in [3.05, 3.63) is 112 Å². The standard InChI is InChI=1S/C30H23NO5S/c1-19-10-13-22(14-11-19)29(33)36-25-15-12-20(16-26(25)35-2)17-27-28(32)31(30(34)37-27)18-23-8-5-7-21-6-3-4-9-24(21)23/h3-17H,18H2,1-2H3/b27-17-. The zero-order valence-electron chi connectivity index (χ0n) is 20.3. The quantitative estimate of drug-likeness (QED) is 0.165. The molecule has 0 saturated carbocycles. The molecule has 1 saturated heterocycles. The summed E-state index contributed by atoms with van der Waals surface area (Å²) >= 11 is 0.900. The maximum Gasteiger partial charge on any atom is 0.343 e. The molecule has 6 nitrogen and oxygen atoms in total. The topological polar surface area (TPSA) is 72.9 Å². The number of fused-ring (bicyclic) bond motifs is 1. The lowest BCUT2D eigenvalue weighted by Gasteiger charge is -2.14. The monoisotopic (exact) mass is 509 g/mol. The van der Waals surface area contributed by atoms with Gasteiger partial charge < -0.3 is 9.47 Å². The van der Waals surface area contributed by atoms with Gasteiger partial charge in [-0.05, 0) is 70.9 Å². The third-order valence-corrected chi connectivity index (χ3v) is 6.96. The molecule has 0 N–H and O–H groups in total. The van der Waals surface area contributed by atoms with Crippen molar-refractivity contribution in [1.82, 2.24) is 4.90 Å². The highest BCUT2D eigenvalue weighted by Gasteiger charge is 2.35. The summed E-state index contributed by atoms with van der Waals surface area (Å²) in [7, 11) is 1.47. The fourth-order valence-electron chi connectivity index (χ4n) is 4.10. The summed E-state index contributed by atoms with van der Waals surface area (Å²) in [5.41, 5.74) is 3.02. The van der Waals surface area contributed by atoms with Gasteiger partial charge in [0.1, 0.15) is 0 Å². The third-order valence-electron chi connectivity index (χ3n) is 6.06. The number of aryl methyl sites for hydroxylation is 1. The van der Waals surface area contributed by atoms with Crippen LogP contribution in [-0.2, 0) is 11.3 Å². The molecule has 37 heavy (non-hydrogen) atoms. The summed E-state index contributed by atoms with van der Waals surface area (Å²) in [5.74, 6) is -0.254. The fourth-order valence-corrected chi connectivity index (χ4v) is 4.93. The molecule has 4 aromatic carbocycles. The second-order valence-electron chi connectivity index (χ2n) is 8.57. The summed E-state index contributed by atoms with van der Waals surface area (Å²) in [6.07, 6.45) is 1.64. The Morgan fingerprint density at radius 1 is 0.919 bits per heavy atom. The van der Waals surface area contributed by atoms with Gasteiger partial charge in [0, 0.05) is 0 Å². The maximum absolute atomic E-state index is 13.1. The molecule has 0 spiro atoms. The number of amides is 2. The lowest BCUT2D eigenvalue weighted by Crippen LogP contribution is -2.27. The molecular weight excluding hydrogens is 486 g/mol. The predicted octanol–water partition coefficient (Wildman–Crippen LogP) is 6.61. The highest BCUT2D eigenvalue weighted by atomic mass is 32.2. The van der Waals surface area contributed by atoms with Crippen LogP contribution in [0.5, 0.6) is 11.5 Å². The Morgan fingerprint density at radius 3 is 2.46 bits per heavy atom. The van der Waals surface area contributed by atoms with E-state index in [0.29, 0.717) is 21.8 Å². The number of hydrogen-bond acceptors (Lipinski definition) is 6. The van der Waals surface area contributed by atoms with E-state index in [1.807, 2.05) is 61.5 Å². The van der Waals surface area contributed by atoms with Gasteiger partial charge in [0.25, 0.3) is 11.1 Å². The van der Waals surface area contributed by atoms with Crippen molar-refractivity contribution in [1.29, 1.82) is 0 Å². The van der Waals surface area contributed by atoms with Crippen molar-refractivity contribution < 1.29 is 23.9 Å². The zero-order valence-corrected chi connectivity index (χ0v) is 21.1. The smallest absolute Gasteiger partial charge is 0.343 e. The second-order valence-corrected chi connectivity index (χ2v) is 9.57. The summed E-state index contributed by atoms with van der Waals surface area (Å²) in [6, 6.07) is 25.8. The minimum atomic E-state index is -0.499. The summed E-state index contributed by atoms with van der Waals surface area (Å²) in [4.78, 5) is 39.9. The molecule has 4 aromatic rings. The van der Waals surface area contributed by atoms with Crippen LogP contribution in [0.15, 0.2) is 89.8 Å². The summed E-state index contributed by atoms with van der Waals surface area (Å²) in [5, 5.41) is 1.74. The number of nitrogens with zero attached hydrogens (tertiary/aromatic N) is 1. The van der Waals surface area contributed by atoms with E-state index in [-0.39, 0.29) is 23.4 Å². The molecule has 0 radical (unpaired) electrons. The molecule has 1 aliphatic rings. The Bertz CT molecular complexity index is 1550. The van der Waals surface area contributed by atoms with Crippen LogP contribution in [-0.4, -0.2) is 29.1 Å². The molecule has 0 aliphatic carbocycles. The van der Waals surface area contributed by atoms with Gasteiger partial charge in [-0.2, -0.15) is 0 Å². The number of ether oxygens (including phenoxy) is 2. The first kappa shape index (κ1) is 24.3. The maximum atomic E-state index is 13.1. The number of esters is 1. The van der Waals surface area contributed by atoms with E-state index >= 15 is 0 Å². The molecular formula is C30H23NO5S. The van der Waals surface area contributed by atoms with Crippen LogP contribution >= 0.6 is 11.8 Å². The van der Waals surface area contributed by atoms with Crippen molar-refractivity contribution in [3.63, 3.8) is 0 Å². The van der Waals surface area contributed by atoms with E-state index in [1.165, 1.54) is 12.0 Å². The number of carbonyl (C=O) groups is 3. The molecule has 1 aliphatic heterocycles. The van der Waals surface area contributed by atoms with E-state index in [1.54, 1.807) is 36.4 Å². The average Bonchev–Trinajstić information content (AvgIpc) is 3.17. The van der Waals surface area contributed by atoms with Gasteiger partial charge in [-0.15, -0.1) is 0 Å². The third kappa shape index (κ3) is 5.13. The Balaban J connectivity index is 1.35. The Hall–Kier alpha value is -4.36. The lowest BCUT2D eigenvalue weighted by molar-refractivity contribution is -0.123. The number of benzene rings is 4. The average molecular weight is 510 g/mol. The number of methoxy groups -OCH3 is 1. The number of carbonyl (C=O) groups excluding carboxylic acids is 3. The van der Waals surface area contributed by atoms with Crippen LogP contribution in [0.3, 0.4) is 0 Å². The number of hydrogen-bond donors (Lipinski definition) is 0. The SMILES string of the molecule is COc1cc(/C=C2\SC(=O)N(Cc3cccc4ccccc34)C2=O)ccc1OC(=O)c1ccc(C)cc1. The largest absolute Gasteiger partial charge is 0.493 e. The normalized spacial score (nSPS) is 14.4. The number of thioether (sulfide) groups is 1.